The lowest BCUT2D eigenvalue weighted by Gasteiger charge is -2.23. The smallest absolute Gasteiger partial charge is 0.224 e. The topological polar surface area (TPSA) is 43.8 Å². The average molecular weight is 226 g/mol. The summed E-state index contributed by atoms with van der Waals surface area (Å²) < 4.78 is 0. The van der Waals surface area contributed by atoms with E-state index in [0.717, 1.165) is 32.5 Å². The molecule has 92 valence electrons. The van der Waals surface area contributed by atoms with Crippen molar-refractivity contribution in [3.8, 4) is 0 Å². The van der Waals surface area contributed by atoms with Gasteiger partial charge in [0.15, 0.2) is 0 Å². The van der Waals surface area contributed by atoms with Crippen LogP contribution in [0.2, 0.25) is 0 Å². The van der Waals surface area contributed by atoms with Crippen molar-refractivity contribution in [2.24, 2.45) is 0 Å². The van der Waals surface area contributed by atoms with Crippen LogP contribution < -0.4 is 0 Å². The van der Waals surface area contributed by atoms with Crippen molar-refractivity contribution >= 4 is 5.91 Å². The molecule has 0 bridgehead atoms. The molecule has 0 aromatic heterocycles. The van der Waals surface area contributed by atoms with Crippen LogP contribution >= 0.6 is 0 Å². The summed E-state index contributed by atoms with van der Waals surface area (Å²) in [6.45, 7) is 3.80. The van der Waals surface area contributed by atoms with Crippen molar-refractivity contribution in [3.63, 3.8) is 0 Å². The van der Waals surface area contributed by atoms with Crippen LogP contribution in [0, 0.1) is 0 Å². The minimum Gasteiger partial charge on any atom is -0.395 e. The molecule has 0 atom stereocenters. The highest BCUT2D eigenvalue weighted by molar-refractivity contribution is 5.77. The van der Waals surface area contributed by atoms with Crippen LogP contribution in [0.1, 0.15) is 32.1 Å². The lowest BCUT2D eigenvalue weighted by Crippen LogP contribution is -2.37. The predicted octanol–water partition coefficient (Wildman–Crippen LogP) is 0.456. The average Bonchev–Trinajstić information content (AvgIpc) is 2.99. The Morgan fingerprint density at radius 2 is 2.00 bits per heavy atom. The third-order valence-corrected chi connectivity index (χ3v) is 3.49. The number of likely N-dealkylation sites (tertiary alicyclic amines) is 1. The van der Waals surface area contributed by atoms with Crippen LogP contribution in [0.3, 0.4) is 0 Å². The molecule has 0 unspecified atom stereocenters. The highest BCUT2D eigenvalue weighted by atomic mass is 16.3. The van der Waals surface area contributed by atoms with Gasteiger partial charge in [0.2, 0.25) is 5.91 Å². The number of hydrogen-bond acceptors (Lipinski definition) is 3. The molecule has 4 heteroatoms. The lowest BCUT2D eigenvalue weighted by molar-refractivity contribution is -0.132. The van der Waals surface area contributed by atoms with E-state index in [1.807, 2.05) is 4.90 Å². The zero-order chi connectivity index (χ0) is 11.4. The van der Waals surface area contributed by atoms with Crippen LogP contribution in [-0.4, -0.2) is 59.6 Å². The molecule has 1 amide bonds. The molecule has 16 heavy (non-hydrogen) atoms. The second-order valence-corrected chi connectivity index (χ2v) is 4.84. The first-order chi connectivity index (χ1) is 7.81. The third kappa shape index (κ3) is 3.19. The number of aliphatic hydroxyl groups is 1. The fourth-order valence-corrected chi connectivity index (χ4v) is 2.41. The molecule has 2 fully saturated rings. The summed E-state index contributed by atoms with van der Waals surface area (Å²) in [5.41, 5.74) is 0. The van der Waals surface area contributed by atoms with Crippen molar-refractivity contribution in [2.45, 2.75) is 38.1 Å². The van der Waals surface area contributed by atoms with Gasteiger partial charge in [-0.3, -0.25) is 4.79 Å². The second-order valence-electron chi connectivity index (χ2n) is 4.84. The summed E-state index contributed by atoms with van der Waals surface area (Å²) in [7, 11) is 0. The van der Waals surface area contributed by atoms with E-state index in [9.17, 15) is 4.79 Å². The monoisotopic (exact) mass is 226 g/mol. The number of carbonyl (C=O) groups excluding carboxylic acids is 1. The Labute approximate surface area is 97.2 Å². The fourth-order valence-electron chi connectivity index (χ4n) is 2.41. The van der Waals surface area contributed by atoms with Gasteiger partial charge in [-0.15, -0.1) is 0 Å². The van der Waals surface area contributed by atoms with Gasteiger partial charge in [-0.25, -0.2) is 0 Å². The van der Waals surface area contributed by atoms with E-state index < -0.39 is 0 Å². The van der Waals surface area contributed by atoms with Crippen molar-refractivity contribution < 1.29 is 9.90 Å². The van der Waals surface area contributed by atoms with Crippen LogP contribution in [0.4, 0.5) is 0 Å². The minimum atomic E-state index is 0.0892. The van der Waals surface area contributed by atoms with Crippen molar-refractivity contribution in [3.05, 3.63) is 0 Å². The summed E-state index contributed by atoms with van der Waals surface area (Å²) in [4.78, 5) is 16.2. The molecule has 1 saturated heterocycles. The van der Waals surface area contributed by atoms with E-state index in [-0.39, 0.29) is 12.5 Å². The molecule has 1 aliphatic heterocycles. The summed E-state index contributed by atoms with van der Waals surface area (Å²) in [5.74, 6) is 0.225. The Balaban J connectivity index is 1.71. The van der Waals surface area contributed by atoms with E-state index in [1.54, 1.807) is 0 Å². The highest BCUT2D eigenvalue weighted by Crippen LogP contribution is 2.27. The first-order valence-electron chi connectivity index (χ1n) is 6.44. The summed E-state index contributed by atoms with van der Waals surface area (Å²) in [6.07, 6.45) is 5.41. The molecular formula is C12H22N2O2. The van der Waals surface area contributed by atoms with E-state index in [2.05, 4.69) is 4.90 Å². The first-order valence-corrected chi connectivity index (χ1v) is 6.44. The number of carbonyl (C=O) groups is 1. The second kappa shape index (κ2) is 5.64. The van der Waals surface area contributed by atoms with Gasteiger partial charge in [0.25, 0.3) is 0 Å². The van der Waals surface area contributed by atoms with Gasteiger partial charge < -0.3 is 14.9 Å². The highest BCUT2D eigenvalue weighted by Gasteiger charge is 2.31. The summed E-state index contributed by atoms with van der Waals surface area (Å²) >= 11 is 0. The maximum atomic E-state index is 12.0. The molecule has 0 aromatic rings. The fraction of sp³-hybridized carbons (Fsp3) is 0.917. The third-order valence-electron chi connectivity index (χ3n) is 3.49. The van der Waals surface area contributed by atoms with Crippen molar-refractivity contribution in [1.29, 1.82) is 0 Å². The molecular weight excluding hydrogens is 204 g/mol. The van der Waals surface area contributed by atoms with Gasteiger partial charge in [-0.2, -0.15) is 0 Å². The van der Waals surface area contributed by atoms with Gasteiger partial charge in [0.1, 0.15) is 0 Å². The molecule has 0 aromatic carbocycles. The molecule has 1 aliphatic carbocycles. The molecule has 0 spiro atoms. The van der Waals surface area contributed by atoms with E-state index in [0.29, 0.717) is 19.0 Å². The quantitative estimate of drug-likeness (QED) is 0.715. The number of amides is 1. The van der Waals surface area contributed by atoms with Crippen LogP contribution in [0.25, 0.3) is 0 Å². The largest absolute Gasteiger partial charge is 0.395 e. The minimum absolute atomic E-state index is 0.0892. The predicted molar refractivity (Wildman–Crippen MR) is 62.1 cm³/mol. The zero-order valence-corrected chi connectivity index (χ0v) is 9.90. The van der Waals surface area contributed by atoms with Crippen LogP contribution in [-0.2, 0) is 4.79 Å². The van der Waals surface area contributed by atoms with E-state index in [4.69, 9.17) is 5.11 Å². The van der Waals surface area contributed by atoms with Crippen LogP contribution in [0.5, 0.6) is 0 Å². The standard InChI is InChI=1S/C12H22N2O2/c15-10-9-14(11-3-4-11)12(16)5-8-13-6-1-2-7-13/h11,15H,1-10H2. The summed E-state index contributed by atoms with van der Waals surface area (Å²) in [5, 5.41) is 8.94. The van der Waals surface area contributed by atoms with Crippen LogP contribution in [0.15, 0.2) is 0 Å². The maximum absolute atomic E-state index is 12.0. The SMILES string of the molecule is O=C(CCN1CCCC1)N(CCO)C1CC1. The summed E-state index contributed by atoms with van der Waals surface area (Å²) in [6, 6.07) is 0.429. The molecule has 1 heterocycles. The van der Waals surface area contributed by atoms with Crippen molar-refractivity contribution in [1.82, 2.24) is 9.80 Å². The lowest BCUT2D eigenvalue weighted by atomic mass is 10.3. The molecule has 2 aliphatic rings. The molecule has 1 saturated carbocycles. The normalized spacial score (nSPS) is 21.3. The molecule has 4 nitrogen and oxygen atoms in total. The van der Waals surface area contributed by atoms with Gasteiger partial charge in [0.05, 0.1) is 6.61 Å². The Kier molecular flexibility index (Phi) is 4.18. The maximum Gasteiger partial charge on any atom is 0.224 e. The molecule has 0 radical (unpaired) electrons. The van der Waals surface area contributed by atoms with Gasteiger partial charge in [-0.1, -0.05) is 0 Å². The Morgan fingerprint density at radius 1 is 1.31 bits per heavy atom. The Morgan fingerprint density at radius 3 is 2.56 bits per heavy atom. The van der Waals surface area contributed by atoms with Gasteiger partial charge in [-0.05, 0) is 38.8 Å². The zero-order valence-electron chi connectivity index (χ0n) is 9.90. The number of nitrogens with zero attached hydrogens (tertiary/aromatic N) is 2. The number of hydrogen-bond donors (Lipinski definition) is 1. The van der Waals surface area contributed by atoms with Gasteiger partial charge in [0, 0.05) is 25.6 Å². The Hall–Kier alpha value is -0.610. The van der Waals surface area contributed by atoms with Crippen molar-refractivity contribution in [2.75, 3.05) is 32.8 Å². The first kappa shape index (κ1) is 11.9. The number of aliphatic hydroxyl groups excluding tert-OH is 1. The van der Waals surface area contributed by atoms with Gasteiger partial charge >= 0.3 is 0 Å². The molecule has 1 N–H and O–H groups in total. The molecule has 2 rings (SSSR count). The van der Waals surface area contributed by atoms with E-state index in [1.165, 1.54) is 12.8 Å². The Bertz CT molecular complexity index is 235. The van der Waals surface area contributed by atoms with E-state index >= 15 is 0 Å². The number of rotatable bonds is 6.